The van der Waals surface area contributed by atoms with Crippen LogP contribution in [0.2, 0.25) is 15.1 Å². The lowest BCUT2D eigenvalue weighted by Gasteiger charge is -2.13. The third kappa shape index (κ3) is 3.83. The van der Waals surface area contributed by atoms with Gasteiger partial charge in [0.2, 0.25) is 0 Å². The van der Waals surface area contributed by atoms with Gasteiger partial charge in [0.25, 0.3) is 0 Å². The van der Waals surface area contributed by atoms with Gasteiger partial charge in [0.1, 0.15) is 5.25 Å². The smallest absolute Gasteiger partial charge is 0.321 e. The summed E-state index contributed by atoms with van der Waals surface area (Å²) in [5.41, 5.74) is 0.590. The van der Waals surface area contributed by atoms with Crippen LogP contribution < -0.4 is 0 Å². The van der Waals surface area contributed by atoms with Crippen LogP contribution >= 0.6 is 46.6 Å². The molecule has 0 aliphatic rings. The molecule has 0 heterocycles. The normalized spacial score (nSPS) is 12.2. The zero-order chi connectivity index (χ0) is 14.7. The van der Waals surface area contributed by atoms with Gasteiger partial charge in [-0.3, -0.25) is 4.79 Å². The zero-order valence-electron chi connectivity index (χ0n) is 10.0. The number of hydrogen-bond donors (Lipinski definition) is 1. The van der Waals surface area contributed by atoms with Crippen LogP contribution in [0, 0.1) is 0 Å². The van der Waals surface area contributed by atoms with Crippen molar-refractivity contribution in [3.8, 4) is 0 Å². The Labute approximate surface area is 135 Å². The van der Waals surface area contributed by atoms with Gasteiger partial charge in [0.05, 0.1) is 10.0 Å². The summed E-state index contributed by atoms with van der Waals surface area (Å²) in [6, 6.07) is 11.8. The minimum Gasteiger partial charge on any atom is -0.480 e. The second-order valence-corrected chi connectivity index (χ2v) is 6.39. The largest absolute Gasteiger partial charge is 0.480 e. The van der Waals surface area contributed by atoms with E-state index in [9.17, 15) is 9.90 Å². The number of rotatable bonds is 4. The molecule has 2 rings (SSSR count). The van der Waals surface area contributed by atoms with Gasteiger partial charge in [0.15, 0.2) is 0 Å². The van der Waals surface area contributed by atoms with Crippen LogP contribution in [-0.4, -0.2) is 11.1 Å². The third-order valence-corrected chi connectivity index (χ3v) is 4.78. The fraction of sp³-hybridized carbons (Fsp3) is 0.0714. The first-order valence-corrected chi connectivity index (χ1v) is 7.58. The topological polar surface area (TPSA) is 37.3 Å². The maximum atomic E-state index is 11.4. The summed E-state index contributed by atoms with van der Waals surface area (Å²) in [5, 5.41) is 9.97. The summed E-state index contributed by atoms with van der Waals surface area (Å²) in [7, 11) is 0. The van der Waals surface area contributed by atoms with Crippen molar-refractivity contribution in [2.45, 2.75) is 10.1 Å². The van der Waals surface area contributed by atoms with Crippen molar-refractivity contribution in [2.75, 3.05) is 0 Å². The quantitative estimate of drug-likeness (QED) is 0.735. The van der Waals surface area contributed by atoms with Crippen molar-refractivity contribution in [2.24, 2.45) is 0 Å². The molecule has 0 saturated carbocycles. The lowest BCUT2D eigenvalue weighted by molar-refractivity contribution is -0.136. The first-order valence-electron chi connectivity index (χ1n) is 5.57. The molecule has 0 aliphatic heterocycles. The second kappa shape index (κ2) is 6.72. The van der Waals surface area contributed by atoms with Crippen molar-refractivity contribution in [1.82, 2.24) is 0 Å². The number of aliphatic carboxylic acids is 1. The SMILES string of the molecule is O=C(O)C(Sc1ccc(Cl)cc1)c1ccc(Cl)c(Cl)c1. The number of benzene rings is 2. The Morgan fingerprint density at radius 2 is 1.65 bits per heavy atom. The number of halogens is 3. The Morgan fingerprint density at radius 3 is 2.20 bits per heavy atom. The number of carboxylic acids is 1. The fourth-order valence-electron chi connectivity index (χ4n) is 1.59. The maximum Gasteiger partial charge on any atom is 0.321 e. The van der Waals surface area contributed by atoms with E-state index in [2.05, 4.69) is 0 Å². The third-order valence-electron chi connectivity index (χ3n) is 2.54. The first-order chi connectivity index (χ1) is 9.47. The molecule has 1 unspecified atom stereocenters. The molecule has 6 heteroatoms. The molecule has 0 aliphatic carbocycles. The van der Waals surface area contributed by atoms with Crippen LogP contribution in [0.4, 0.5) is 0 Å². The van der Waals surface area contributed by atoms with Crippen LogP contribution in [0.15, 0.2) is 47.4 Å². The van der Waals surface area contributed by atoms with Gasteiger partial charge in [-0.2, -0.15) is 0 Å². The van der Waals surface area contributed by atoms with Gasteiger partial charge in [-0.1, -0.05) is 40.9 Å². The van der Waals surface area contributed by atoms with E-state index < -0.39 is 11.2 Å². The average Bonchev–Trinajstić information content (AvgIpc) is 2.41. The molecule has 104 valence electrons. The van der Waals surface area contributed by atoms with Crippen molar-refractivity contribution in [3.05, 3.63) is 63.1 Å². The zero-order valence-corrected chi connectivity index (χ0v) is 13.1. The Morgan fingerprint density at radius 1 is 1.00 bits per heavy atom. The average molecular weight is 348 g/mol. The monoisotopic (exact) mass is 346 g/mol. The van der Waals surface area contributed by atoms with E-state index >= 15 is 0 Å². The minimum atomic E-state index is -0.941. The summed E-state index contributed by atoms with van der Waals surface area (Å²) >= 11 is 18.8. The Bertz CT molecular complexity index is 629. The van der Waals surface area contributed by atoms with Gasteiger partial charge < -0.3 is 5.11 Å². The summed E-state index contributed by atoms with van der Waals surface area (Å²) in [4.78, 5) is 12.3. The summed E-state index contributed by atoms with van der Waals surface area (Å²) in [5.74, 6) is -0.941. The maximum absolute atomic E-state index is 11.4. The van der Waals surface area contributed by atoms with Gasteiger partial charge in [-0.05, 0) is 42.0 Å². The Balaban J connectivity index is 2.29. The minimum absolute atomic E-state index is 0.340. The summed E-state index contributed by atoms with van der Waals surface area (Å²) in [6.45, 7) is 0. The molecule has 2 aromatic carbocycles. The molecule has 1 atom stereocenters. The highest BCUT2D eigenvalue weighted by molar-refractivity contribution is 8.00. The molecule has 2 aromatic rings. The first kappa shape index (κ1) is 15.5. The summed E-state index contributed by atoms with van der Waals surface area (Å²) in [6.07, 6.45) is 0. The van der Waals surface area contributed by atoms with E-state index in [1.165, 1.54) is 11.8 Å². The van der Waals surface area contributed by atoms with Crippen LogP contribution in [0.1, 0.15) is 10.8 Å². The van der Waals surface area contributed by atoms with E-state index in [-0.39, 0.29) is 0 Å². The van der Waals surface area contributed by atoms with Crippen LogP contribution in [-0.2, 0) is 4.79 Å². The van der Waals surface area contributed by atoms with E-state index in [0.717, 1.165) is 4.90 Å². The van der Waals surface area contributed by atoms with Crippen LogP contribution in [0.25, 0.3) is 0 Å². The van der Waals surface area contributed by atoms with Crippen LogP contribution in [0.5, 0.6) is 0 Å². The molecule has 0 aromatic heterocycles. The second-order valence-electron chi connectivity index (χ2n) is 3.96. The highest BCUT2D eigenvalue weighted by Gasteiger charge is 2.22. The predicted octanol–water partition coefficient (Wildman–Crippen LogP) is 5.56. The highest BCUT2D eigenvalue weighted by atomic mass is 35.5. The lowest BCUT2D eigenvalue weighted by atomic mass is 10.1. The molecule has 0 amide bonds. The molecule has 0 radical (unpaired) electrons. The molecule has 20 heavy (non-hydrogen) atoms. The molecule has 0 bridgehead atoms. The van der Waals surface area contributed by atoms with Gasteiger partial charge >= 0.3 is 5.97 Å². The van der Waals surface area contributed by atoms with E-state index in [1.807, 2.05) is 0 Å². The van der Waals surface area contributed by atoms with E-state index in [1.54, 1.807) is 42.5 Å². The molecule has 1 N–H and O–H groups in total. The van der Waals surface area contributed by atoms with Gasteiger partial charge in [0, 0.05) is 9.92 Å². The summed E-state index contributed by atoms with van der Waals surface area (Å²) < 4.78 is 0. The van der Waals surface area contributed by atoms with Crippen molar-refractivity contribution in [1.29, 1.82) is 0 Å². The molecule has 2 nitrogen and oxygen atoms in total. The van der Waals surface area contributed by atoms with Gasteiger partial charge in [-0.25, -0.2) is 0 Å². The number of carbonyl (C=O) groups is 1. The molecular formula is C14H9Cl3O2S. The standard InChI is InChI=1S/C14H9Cl3O2S/c15-9-2-4-10(5-3-9)20-13(14(18)19)8-1-6-11(16)12(17)7-8/h1-7,13H,(H,18,19). The number of thioether (sulfide) groups is 1. The fourth-order valence-corrected chi connectivity index (χ4v) is 2.97. The van der Waals surface area contributed by atoms with Crippen molar-refractivity contribution >= 4 is 52.5 Å². The highest BCUT2D eigenvalue weighted by Crippen LogP contribution is 2.37. The van der Waals surface area contributed by atoms with Crippen molar-refractivity contribution < 1.29 is 9.90 Å². The van der Waals surface area contributed by atoms with E-state index in [4.69, 9.17) is 34.8 Å². The molecule has 0 saturated heterocycles. The number of hydrogen-bond acceptors (Lipinski definition) is 2. The number of carboxylic acid groups (broad SMARTS) is 1. The van der Waals surface area contributed by atoms with E-state index in [0.29, 0.717) is 20.6 Å². The molecule has 0 spiro atoms. The predicted molar refractivity (Wildman–Crippen MR) is 84.1 cm³/mol. The Kier molecular flexibility index (Phi) is 5.22. The molecular weight excluding hydrogens is 339 g/mol. The lowest BCUT2D eigenvalue weighted by Crippen LogP contribution is -2.07. The molecule has 0 fully saturated rings. The van der Waals surface area contributed by atoms with Crippen LogP contribution in [0.3, 0.4) is 0 Å². The van der Waals surface area contributed by atoms with Crippen molar-refractivity contribution in [3.63, 3.8) is 0 Å². The Hall–Kier alpha value is -0.870. The van der Waals surface area contributed by atoms with Gasteiger partial charge in [-0.15, -0.1) is 11.8 Å².